The minimum atomic E-state index is -3.25. The topological polar surface area (TPSA) is 72.5 Å². The number of fused-ring (bicyclic) bond motifs is 1. The van der Waals surface area contributed by atoms with Crippen LogP contribution in [-0.2, 0) is 14.6 Å². The normalized spacial score (nSPS) is 11.3. The third kappa shape index (κ3) is 4.03. The molecule has 0 fully saturated rings. The lowest BCUT2D eigenvalue weighted by atomic mass is 10.1. The molecule has 0 unspecified atom stereocenters. The highest BCUT2D eigenvalue weighted by Crippen LogP contribution is 2.25. The van der Waals surface area contributed by atoms with Crippen LogP contribution in [0.4, 0.5) is 5.69 Å². The molecular weight excluding hydrogens is 350 g/mol. The molecule has 1 amide bonds. The lowest BCUT2D eigenvalue weighted by molar-refractivity contribution is -0.118. The molecule has 1 N–H and O–H groups in total. The molecule has 0 radical (unpaired) electrons. The molecule has 0 aliphatic carbocycles. The van der Waals surface area contributed by atoms with Gasteiger partial charge in [-0.3, -0.25) is 4.79 Å². The lowest BCUT2D eigenvalue weighted by Crippen LogP contribution is -2.20. The van der Waals surface area contributed by atoms with E-state index in [2.05, 4.69) is 5.32 Å². The highest BCUT2D eigenvalue weighted by atomic mass is 32.2. The zero-order chi connectivity index (χ0) is 18.6. The number of carbonyl (C=O) groups is 1. The van der Waals surface area contributed by atoms with E-state index in [0.29, 0.717) is 11.4 Å². The fraction of sp³-hybridized carbons (Fsp3) is 0.150. The number of amides is 1. The summed E-state index contributed by atoms with van der Waals surface area (Å²) < 4.78 is 29.2. The Hall–Kier alpha value is -2.86. The number of carbonyl (C=O) groups excluding carboxylic acids is 1. The molecule has 0 heterocycles. The van der Waals surface area contributed by atoms with Crippen molar-refractivity contribution in [2.45, 2.75) is 11.8 Å². The monoisotopic (exact) mass is 369 g/mol. The average molecular weight is 369 g/mol. The first-order valence-electron chi connectivity index (χ1n) is 8.23. The molecule has 134 valence electrons. The summed E-state index contributed by atoms with van der Waals surface area (Å²) >= 11 is 0. The van der Waals surface area contributed by atoms with Crippen molar-refractivity contribution >= 4 is 32.2 Å². The van der Waals surface area contributed by atoms with Crippen molar-refractivity contribution in [3.05, 3.63) is 66.7 Å². The predicted molar refractivity (Wildman–Crippen MR) is 102 cm³/mol. The Kier molecular flexibility index (Phi) is 5.23. The highest BCUT2D eigenvalue weighted by Gasteiger charge is 2.11. The molecule has 0 bridgehead atoms. The summed E-state index contributed by atoms with van der Waals surface area (Å²) in [7, 11) is -3.25. The summed E-state index contributed by atoms with van der Waals surface area (Å²) in [4.78, 5) is 12.3. The van der Waals surface area contributed by atoms with Gasteiger partial charge in [-0.1, -0.05) is 43.3 Å². The third-order valence-corrected chi connectivity index (χ3v) is 5.74. The molecule has 0 saturated carbocycles. The number of hydrogen-bond donors (Lipinski definition) is 1. The molecule has 3 aromatic rings. The van der Waals surface area contributed by atoms with Crippen molar-refractivity contribution < 1.29 is 17.9 Å². The molecule has 3 aromatic carbocycles. The quantitative estimate of drug-likeness (QED) is 0.720. The van der Waals surface area contributed by atoms with E-state index in [1.165, 1.54) is 12.1 Å². The van der Waals surface area contributed by atoms with Crippen molar-refractivity contribution in [3.8, 4) is 5.75 Å². The molecule has 26 heavy (non-hydrogen) atoms. The van der Waals surface area contributed by atoms with Gasteiger partial charge in [0.15, 0.2) is 16.4 Å². The number of anilines is 1. The van der Waals surface area contributed by atoms with Crippen molar-refractivity contribution in [1.82, 2.24) is 0 Å². The van der Waals surface area contributed by atoms with E-state index in [9.17, 15) is 13.2 Å². The molecule has 6 heteroatoms. The maximum atomic E-state index is 12.1. The maximum absolute atomic E-state index is 12.1. The largest absolute Gasteiger partial charge is 0.483 e. The first-order chi connectivity index (χ1) is 12.5. The number of nitrogens with one attached hydrogen (secondary N) is 1. The summed E-state index contributed by atoms with van der Waals surface area (Å²) in [5.74, 6) is 0.365. The number of benzene rings is 3. The summed E-state index contributed by atoms with van der Waals surface area (Å²) in [6, 6.07) is 19.6. The van der Waals surface area contributed by atoms with Crippen LogP contribution < -0.4 is 10.1 Å². The minimum Gasteiger partial charge on any atom is -0.483 e. The lowest BCUT2D eigenvalue weighted by Gasteiger charge is -2.10. The smallest absolute Gasteiger partial charge is 0.262 e. The molecule has 0 atom stereocenters. The molecule has 0 spiro atoms. The van der Waals surface area contributed by atoms with Crippen LogP contribution in [-0.4, -0.2) is 26.7 Å². The summed E-state index contributed by atoms with van der Waals surface area (Å²) in [6.45, 7) is 1.46. The van der Waals surface area contributed by atoms with E-state index < -0.39 is 9.84 Å². The van der Waals surface area contributed by atoms with Crippen LogP contribution in [0.15, 0.2) is 71.6 Å². The number of sulfone groups is 1. The maximum Gasteiger partial charge on any atom is 0.262 e. The number of hydrogen-bond acceptors (Lipinski definition) is 4. The molecule has 0 aliphatic rings. The number of rotatable bonds is 6. The second-order valence-electron chi connectivity index (χ2n) is 5.74. The zero-order valence-electron chi connectivity index (χ0n) is 14.3. The van der Waals surface area contributed by atoms with Crippen LogP contribution in [0.3, 0.4) is 0 Å². The van der Waals surface area contributed by atoms with Crippen LogP contribution in [0.1, 0.15) is 6.92 Å². The van der Waals surface area contributed by atoms with Gasteiger partial charge in [-0.15, -0.1) is 0 Å². The van der Waals surface area contributed by atoms with E-state index in [4.69, 9.17) is 4.74 Å². The molecule has 0 aliphatic heterocycles. The van der Waals surface area contributed by atoms with Crippen LogP contribution in [0, 0.1) is 0 Å². The molecule has 3 rings (SSSR count). The van der Waals surface area contributed by atoms with E-state index in [0.717, 1.165) is 10.8 Å². The minimum absolute atomic E-state index is 0.0393. The van der Waals surface area contributed by atoms with E-state index in [1.54, 1.807) is 19.1 Å². The molecule has 0 aromatic heterocycles. The van der Waals surface area contributed by atoms with Crippen molar-refractivity contribution in [3.63, 3.8) is 0 Å². The van der Waals surface area contributed by atoms with Gasteiger partial charge < -0.3 is 10.1 Å². The summed E-state index contributed by atoms with van der Waals surface area (Å²) in [5.41, 5.74) is 0.520. The van der Waals surface area contributed by atoms with Crippen LogP contribution in [0.25, 0.3) is 10.8 Å². The SMILES string of the molecule is CCS(=O)(=O)c1ccc(NC(=O)COc2cccc3ccccc23)cc1. The van der Waals surface area contributed by atoms with Crippen LogP contribution >= 0.6 is 0 Å². The third-order valence-electron chi connectivity index (χ3n) is 3.99. The Morgan fingerprint density at radius 1 is 0.962 bits per heavy atom. The standard InChI is InChI=1S/C20H19NO4S/c1-2-26(23,24)17-12-10-16(11-13-17)21-20(22)14-25-19-9-5-7-15-6-3-4-8-18(15)19/h3-13H,2,14H2,1H3,(H,21,22). The van der Waals surface area contributed by atoms with Crippen LogP contribution in [0.2, 0.25) is 0 Å². The number of ether oxygens (including phenoxy) is 1. The van der Waals surface area contributed by atoms with Gasteiger partial charge in [0.05, 0.1) is 10.6 Å². The van der Waals surface area contributed by atoms with Gasteiger partial charge in [0.25, 0.3) is 5.91 Å². The van der Waals surface area contributed by atoms with Crippen molar-refractivity contribution in [2.24, 2.45) is 0 Å². The Morgan fingerprint density at radius 2 is 1.65 bits per heavy atom. The summed E-state index contributed by atoms with van der Waals surface area (Å²) in [6.07, 6.45) is 0. The Balaban J connectivity index is 1.64. The summed E-state index contributed by atoms with van der Waals surface area (Å²) in [5, 5.41) is 4.68. The second kappa shape index (κ2) is 7.58. The fourth-order valence-corrected chi connectivity index (χ4v) is 3.46. The van der Waals surface area contributed by atoms with E-state index in [1.807, 2.05) is 42.5 Å². The van der Waals surface area contributed by atoms with E-state index >= 15 is 0 Å². The second-order valence-corrected chi connectivity index (χ2v) is 8.02. The van der Waals surface area contributed by atoms with Gasteiger partial charge in [0, 0.05) is 11.1 Å². The highest BCUT2D eigenvalue weighted by molar-refractivity contribution is 7.91. The van der Waals surface area contributed by atoms with Gasteiger partial charge in [-0.05, 0) is 35.7 Å². The Morgan fingerprint density at radius 3 is 2.38 bits per heavy atom. The van der Waals surface area contributed by atoms with Gasteiger partial charge in [0.1, 0.15) is 5.75 Å². The first-order valence-corrected chi connectivity index (χ1v) is 9.88. The van der Waals surface area contributed by atoms with Gasteiger partial charge in [-0.25, -0.2) is 8.42 Å². The van der Waals surface area contributed by atoms with Crippen LogP contribution in [0.5, 0.6) is 5.75 Å². The Labute approximate surface area is 152 Å². The zero-order valence-corrected chi connectivity index (χ0v) is 15.1. The van der Waals surface area contributed by atoms with Gasteiger partial charge in [0.2, 0.25) is 0 Å². The van der Waals surface area contributed by atoms with Crippen molar-refractivity contribution in [2.75, 3.05) is 17.7 Å². The predicted octanol–water partition coefficient (Wildman–Crippen LogP) is 3.65. The average Bonchev–Trinajstić information content (AvgIpc) is 2.66. The van der Waals surface area contributed by atoms with E-state index in [-0.39, 0.29) is 23.2 Å². The van der Waals surface area contributed by atoms with Gasteiger partial charge >= 0.3 is 0 Å². The molecule has 5 nitrogen and oxygen atoms in total. The van der Waals surface area contributed by atoms with Gasteiger partial charge in [-0.2, -0.15) is 0 Å². The Bertz CT molecular complexity index is 1020. The van der Waals surface area contributed by atoms with Crippen molar-refractivity contribution in [1.29, 1.82) is 0 Å². The molecular formula is C20H19NO4S. The molecule has 0 saturated heterocycles. The first kappa shape index (κ1) is 17.9. The fourth-order valence-electron chi connectivity index (χ4n) is 2.57.